The highest BCUT2D eigenvalue weighted by atomic mass is 35.5. The Balaban J connectivity index is 2.06. The summed E-state index contributed by atoms with van der Waals surface area (Å²) in [6.45, 7) is 8.39. The number of carbonyl (C=O) groups excluding carboxylic acids is 2. The topological polar surface area (TPSA) is 74.4 Å². The highest BCUT2D eigenvalue weighted by Gasteiger charge is 2.34. The van der Waals surface area contributed by atoms with Crippen LogP contribution in [-0.4, -0.2) is 58.6 Å². The standard InChI is InChI=1S/C18H27Cl2N3O3S/c1-10-13(19)14(20)15(21-10)16(24)22-12-6-7-23(8-11(12)9-27-5)17(25)26-18(2,3)4/h11-12,21H,6-9H2,1-5H3,(H,22,24)/t11-,12-/m1/s1. The van der Waals surface area contributed by atoms with Gasteiger partial charge in [0.05, 0.1) is 10.0 Å². The molecule has 1 saturated heterocycles. The fourth-order valence-corrected chi connectivity index (χ4v) is 4.25. The average molecular weight is 436 g/mol. The van der Waals surface area contributed by atoms with Crippen LogP contribution in [0.2, 0.25) is 10.0 Å². The zero-order valence-corrected chi connectivity index (χ0v) is 18.6. The van der Waals surface area contributed by atoms with Gasteiger partial charge in [-0.05, 0) is 46.1 Å². The van der Waals surface area contributed by atoms with Crippen LogP contribution in [0, 0.1) is 12.8 Å². The Bertz CT molecular complexity index is 703. The van der Waals surface area contributed by atoms with E-state index in [9.17, 15) is 9.59 Å². The summed E-state index contributed by atoms with van der Waals surface area (Å²) in [5.74, 6) is 0.662. The first-order valence-electron chi connectivity index (χ1n) is 8.84. The quantitative estimate of drug-likeness (QED) is 0.736. The van der Waals surface area contributed by atoms with Crippen LogP contribution in [0.4, 0.5) is 4.79 Å². The van der Waals surface area contributed by atoms with Crippen molar-refractivity contribution in [2.24, 2.45) is 5.92 Å². The second kappa shape index (κ2) is 8.97. The molecule has 2 amide bonds. The van der Waals surface area contributed by atoms with Gasteiger partial charge in [0.15, 0.2) is 0 Å². The van der Waals surface area contributed by atoms with Crippen molar-refractivity contribution in [3.05, 3.63) is 21.4 Å². The van der Waals surface area contributed by atoms with E-state index >= 15 is 0 Å². The molecule has 2 rings (SSSR count). The summed E-state index contributed by atoms with van der Waals surface area (Å²) in [5.41, 5.74) is 0.405. The van der Waals surface area contributed by atoms with Crippen molar-refractivity contribution in [1.82, 2.24) is 15.2 Å². The second-order valence-electron chi connectivity index (χ2n) is 7.76. The van der Waals surface area contributed by atoms with E-state index in [0.29, 0.717) is 30.2 Å². The van der Waals surface area contributed by atoms with Crippen molar-refractivity contribution in [3.63, 3.8) is 0 Å². The van der Waals surface area contributed by atoms with Crippen LogP contribution < -0.4 is 5.32 Å². The molecule has 0 aliphatic carbocycles. The van der Waals surface area contributed by atoms with Gasteiger partial charge in [-0.1, -0.05) is 23.2 Å². The number of ether oxygens (including phenoxy) is 1. The number of hydrogen-bond donors (Lipinski definition) is 2. The molecule has 0 unspecified atom stereocenters. The molecular formula is C18H27Cl2N3O3S. The lowest BCUT2D eigenvalue weighted by atomic mass is 9.93. The van der Waals surface area contributed by atoms with E-state index in [0.717, 1.165) is 5.75 Å². The van der Waals surface area contributed by atoms with E-state index in [1.54, 1.807) is 23.6 Å². The van der Waals surface area contributed by atoms with Gasteiger partial charge in [-0.25, -0.2) is 4.79 Å². The maximum absolute atomic E-state index is 12.7. The van der Waals surface area contributed by atoms with Crippen molar-refractivity contribution < 1.29 is 14.3 Å². The summed E-state index contributed by atoms with van der Waals surface area (Å²) < 4.78 is 5.48. The molecule has 0 aromatic carbocycles. The number of nitrogens with zero attached hydrogens (tertiary/aromatic N) is 1. The third-order valence-corrected chi connectivity index (χ3v) is 6.07. The molecule has 0 bridgehead atoms. The minimum atomic E-state index is -0.529. The number of thioether (sulfide) groups is 1. The lowest BCUT2D eigenvalue weighted by Crippen LogP contribution is -2.54. The number of hydrogen-bond acceptors (Lipinski definition) is 4. The van der Waals surface area contributed by atoms with E-state index in [-0.39, 0.29) is 34.7 Å². The lowest BCUT2D eigenvalue weighted by molar-refractivity contribution is 0.0148. The van der Waals surface area contributed by atoms with Crippen molar-refractivity contribution in [1.29, 1.82) is 0 Å². The molecule has 2 atom stereocenters. The maximum atomic E-state index is 12.7. The third kappa shape index (κ3) is 5.72. The number of aromatic amines is 1. The van der Waals surface area contributed by atoms with Crippen molar-refractivity contribution in [2.45, 2.75) is 45.8 Å². The second-order valence-corrected chi connectivity index (χ2v) is 9.43. The van der Waals surface area contributed by atoms with E-state index in [1.807, 2.05) is 27.0 Å². The molecule has 1 aromatic rings. The van der Waals surface area contributed by atoms with Gasteiger partial charge < -0.3 is 19.9 Å². The molecule has 6 nitrogen and oxygen atoms in total. The predicted octanol–water partition coefficient (Wildman–Crippen LogP) is 4.35. The van der Waals surface area contributed by atoms with Gasteiger partial charge >= 0.3 is 6.09 Å². The molecule has 2 heterocycles. The van der Waals surface area contributed by atoms with Gasteiger partial charge in [-0.2, -0.15) is 11.8 Å². The number of rotatable bonds is 4. The van der Waals surface area contributed by atoms with Gasteiger partial charge in [-0.3, -0.25) is 4.79 Å². The Labute approximate surface area is 174 Å². The molecular weight excluding hydrogens is 409 g/mol. The molecule has 0 radical (unpaired) electrons. The molecule has 1 fully saturated rings. The first-order chi connectivity index (χ1) is 12.5. The summed E-state index contributed by atoms with van der Waals surface area (Å²) in [7, 11) is 0. The number of H-pyrrole nitrogens is 1. The van der Waals surface area contributed by atoms with Gasteiger partial charge in [0.2, 0.25) is 0 Å². The molecule has 1 aliphatic heterocycles. The number of aromatic nitrogens is 1. The highest BCUT2D eigenvalue weighted by Crippen LogP contribution is 2.30. The molecule has 1 aromatic heterocycles. The van der Waals surface area contributed by atoms with Crippen LogP contribution in [0.15, 0.2) is 0 Å². The summed E-state index contributed by atoms with van der Waals surface area (Å²) in [6, 6.07) is -0.0536. The van der Waals surface area contributed by atoms with Gasteiger partial charge in [-0.15, -0.1) is 0 Å². The van der Waals surface area contributed by atoms with Crippen LogP contribution in [0.5, 0.6) is 0 Å². The van der Waals surface area contributed by atoms with Gasteiger partial charge in [0, 0.05) is 30.7 Å². The number of piperidine rings is 1. The molecule has 9 heteroatoms. The minimum Gasteiger partial charge on any atom is -0.444 e. The monoisotopic (exact) mass is 435 g/mol. The lowest BCUT2D eigenvalue weighted by Gasteiger charge is -2.39. The number of halogens is 2. The van der Waals surface area contributed by atoms with E-state index < -0.39 is 5.60 Å². The molecule has 152 valence electrons. The Morgan fingerprint density at radius 2 is 2.00 bits per heavy atom. The fraction of sp³-hybridized carbons (Fsp3) is 0.667. The summed E-state index contributed by atoms with van der Waals surface area (Å²) in [4.78, 5) is 29.7. The van der Waals surface area contributed by atoms with Crippen LogP contribution in [0.25, 0.3) is 0 Å². The Morgan fingerprint density at radius 1 is 1.33 bits per heavy atom. The predicted molar refractivity (Wildman–Crippen MR) is 111 cm³/mol. The molecule has 0 saturated carbocycles. The van der Waals surface area contributed by atoms with Crippen LogP contribution >= 0.6 is 35.0 Å². The highest BCUT2D eigenvalue weighted by molar-refractivity contribution is 7.98. The molecule has 27 heavy (non-hydrogen) atoms. The SMILES string of the molecule is CSC[C@H]1CN(C(=O)OC(C)(C)C)CC[C@H]1NC(=O)c1[nH]c(C)c(Cl)c1Cl. The Hall–Kier alpha value is -1.05. The van der Waals surface area contributed by atoms with Crippen LogP contribution in [-0.2, 0) is 4.74 Å². The van der Waals surface area contributed by atoms with Crippen LogP contribution in [0.3, 0.4) is 0 Å². The largest absolute Gasteiger partial charge is 0.444 e. The van der Waals surface area contributed by atoms with Crippen molar-refractivity contribution in [3.8, 4) is 0 Å². The van der Waals surface area contributed by atoms with E-state index in [4.69, 9.17) is 27.9 Å². The minimum absolute atomic E-state index is 0.0536. The molecule has 0 spiro atoms. The average Bonchev–Trinajstić information content (AvgIpc) is 2.82. The van der Waals surface area contributed by atoms with Crippen LogP contribution in [0.1, 0.15) is 43.4 Å². The number of carbonyl (C=O) groups is 2. The number of likely N-dealkylation sites (tertiary alicyclic amines) is 1. The van der Waals surface area contributed by atoms with Crippen molar-refractivity contribution >= 4 is 47.0 Å². The molecule has 2 N–H and O–H groups in total. The Kier molecular flexibility index (Phi) is 7.39. The third-order valence-electron chi connectivity index (χ3n) is 4.36. The summed E-state index contributed by atoms with van der Waals surface area (Å²) in [6.07, 6.45) is 2.35. The van der Waals surface area contributed by atoms with E-state index in [2.05, 4.69) is 10.3 Å². The fourth-order valence-electron chi connectivity index (χ4n) is 3.07. The summed E-state index contributed by atoms with van der Waals surface area (Å²) >= 11 is 13.9. The van der Waals surface area contributed by atoms with Crippen molar-refractivity contribution in [2.75, 3.05) is 25.1 Å². The first-order valence-corrected chi connectivity index (χ1v) is 11.0. The smallest absolute Gasteiger partial charge is 0.410 e. The Morgan fingerprint density at radius 3 is 2.52 bits per heavy atom. The van der Waals surface area contributed by atoms with Gasteiger partial charge in [0.1, 0.15) is 11.3 Å². The summed E-state index contributed by atoms with van der Waals surface area (Å²) in [5, 5.41) is 3.65. The normalized spacial score (nSPS) is 20.5. The number of nitrogens with one attached hydrogen (secondary N) is 2. The number of aryl methyl sites for hydroxylation is 1. The zero-order valence-electron chi connectivity index (χ0n) is 16.3. The van der Waals surface area contributed by atoms with E-state index in [1.165, 1.54) is 0 Å². The van der Waals surface area contributed by atoms with Gasteiger partial charge in [0.25, 0.3) is 5.91 Å². The maximum Gasteiger partial charge on any atom is 0.410 e. The molecule has 1 aliphatic rings. The zero-order chi connectivity index (χ0) is 20.4. The number of amides is 2. The first kappa shape index (κ1) is 22.2.